The Balaban J connectivity index is 1.41. The predicted molar refractivity (Wildman–Crippen MR) is 120 cm³/mol. The number of nitrogens with zero attached hydrogens (tertiary/aromatic N) is 5. The Morgan fingerprint density at radius 1 is 1.00 bits per heavy atom. The number of aromatic nitrogens is 5. The molecule has 0 aliphatic carbocycles. The summed E-state index contributed by atoms with van der Waals surface area (Å²) < 4.78 is 13.7. The maximum atomic E-state index is 13.0. The van der Waals surface area contributed by atoms with Crippen LogP contribution in [0.15, 0.2) is 76.3 Å². The minimum absolute atomic E-state index is 0.171. The summed E-state index contributed by atoms with van der Waals surface area (Å²) in [4.78, 5) is 17.4. The third-order valence-corrected chi connectivity index (χ3v) is 5.38. The van der Waals surface area contributed by atoms with Crippen molar-refractivity contribution < 1.29 is 9.26 Å². The van der Waals surface area contributed by atoms with Crippen molar-refractivity contribution >= 4 is 5.52 Å². The summed E-state index contributed by atoms with van der Waals surface area (Å²) in [5, 5.41) is 8.58. The van der Waals surface area contributed by atoms with Gasteiger partial charge in [0.05, 0.1) is 12.8 Å². The molecule has 0 bridgehead atoms. The SMILES string of the molecule is CCc1ccc(-c2cc3c(=O)n(Cc4nc(-c5ccc(OC)cc5)no4)ccn3n2)cc1. The Kier molecular flexibility index (Phi) is 5.03. The van der Waals surface area contributed by atoms with Crippen LogP contribution in [-0.4, -0.2) is 31.4 Å². The van der Waals surface area contributed by atoms with Crippen LogP contribution < -0.4 is 10.3 Å². The first kappa shape index (κ1) is 19.7. The molecule has 5 rings (SSSR count). The largest absolute Gasteiger partial charge is 0.497 e. The Bertz CT molecular complexity index is 1430. The number of aryl methyl sites for hydroxylation is 1. The van der Waals surface area contributed by atoms with Gasteiger partial charge in [0.1, 0.15) is 17.8 Å². The summed E-state index contributed by atoms with van der Waals surface area (Å²) in [7, 11) is 1.61. The molecule has 0 N–H and O–H groups in total. The van der Waals surface area contributed by atoms with Gasteiger partial charge >= 0.3 is 0 Å². The van der Waals surface area contributed by atoms with Gasteiger partial charge in [0, 0.05) is 23.5 Å². The van der Waals surface area contributed by atoms with Crippen LogP contribution in [0.4, 0.5) is 0 Å². The third kappa shape index (κ3) is 3.66. The molecule has 32 heavy (non-hydrogen) atoms. The van der Waals surface area contributed by atoms with Crippen LogP contribution in [0.2, 0.25) is 0 Å². The molecule has 0 fully saturated rings. The van der Waals surface area contributed by atoms with Gasteiger partial charge in [0.15, 0.2) is 0 Å². The Morgan fingerprint density at radius 3 is 2.47 bits per heavy atom. The van der Waals surface area contributed by atoms with Gasteiger partial charge < -0.3 is 13.8 Å². The first-order chi connectivity index (χ1) is 15.6. The molecule has 2 aromatic carbocycles. The lowest BCUT2D eigenvalue weighted by molar-refractivity contribution is 0.370. The second-order valence-electron chi connectivity index (χ2n) is 7.38. The van der Waals surface area contributed by atoms with Crippen LogP contribution >= 0.6 is 0 Å². The van der Waals surface area contributed by atoms with Crippen molar-refractivity contribution in [3.05, 3.63) is 88.8 Å². The molecule has 0 atom stereocenters. The number of ether oxygens (including phenoxy) is 1. The summed E-state index contributed by atoms with van der Waals surface area (Å²) in [6.45, 7) is 2.29. The molecule has 0 radical (unpaired) electrons. The molecule has 0 amide bonds. The zero-order chi connectivity index (χ0) is 22.1. The minimum atomic E-state index is -0.180. The van der Waals surface area contributed by atoms with Gasteiger partial charge in [-0.15, -0.1) is 0 Å². The predicted octanol–water partition coefficient (Wildman–Crippen LogP) is 3.83. The van der Waals surface area contributed by atoms with Crippen molar-refractivity contribution in [1.82, 2.24) is 24.3 Å². The monoisotopic (exact) mass is 427 g/mol. The number of benzene rings is 2. The Morgan fingerprint density at radius 2 is 1.75 bits per heavy atom. The molecule has 0 unspecified atom stereocenters. The molecular weight excluding hydrogens is 406 g/mol. The maximum absolute atomic E-state index is 13.0. The summed E-state index contributed by atoms with van der Waals surface area (Å²) in [6.07, 6.45) is 4.40. The number of hydrogen-bond acceptors (Lipinski definition) is 6. The lowest BCUT2D eigenvalue weighted by atomic mass is 10.1. The summed E-state index contributed by atoms with van der Waals surface area (Å²) >= 11 is 0. The fraction of sp³-hybridized carbons (Fsp3) is 0.167. The molecule has 0 spiro atoms. The van der Waals surface area contributed by atoms with E-state index in [1.54, 1.807) is 30.1 Å². The molecule has 8 nitrogen and oxygen atoms in total. The van der Waals surface area contributed by atoms with Gasteiger partial charge in [-0.25, -0.2) is 4.52 Å². The van der Waals surface area contributed by atoms with E-state index in [1.807, 2.05) is 36.4 Å². The second kappa shape index (κ2) is 8.14. The zero-order valence-corrected chi connectivity index (χ0v) is 17.7. The van der Waals surface area contributed by atoms with Crippen molar-refractivity contribution in [2.24, 2.45) is 0 Å². The van der Waals surface area contributed by atoms with E-state index in [0.29, 0.717) is 17.2 Å². The second-order valence-corrected chi connectivity index (χ2v) is 7.38. The van der Waals surface area contributed by atoms with E-state index >= 15 is 0 Å². The smallest absolute Gasteiger partial charge is 0.277 e. The zero-order valence-electron chi connectivity index (χ0n) is 17.7. The van der Waals surface area contributed by atoms with Gasteiger partial charge in [0.2, 0.25) is 11.7 Å². The summed E-state index contributed by atoms with van der Waals surface area (Å²) in [5.74, 6) is 1.55. The van der Waals surface area contributed by atoms with Crippen molar-refractivity contribution in [2.75, 3.05) is 7.11 Å². The van der Waals surface area contributed by atoms with Crippen LogP contribution in [0.5, 0.6) is 5.75 Å². The topological polar surface area (TPSA) is 87.5 Å². The number of hydrogen-bond donors (Lipinski definition) is 0. The lowest BCUT2D eigenvalue weighted by Gasteiger charge is -2.02. The van der Waals surface area contributed by atoms with E-state index in [4.69, 9.17) is 9.26 Å². The van der Waals surface area contributed by atoms with Gasteiger partial charge in [0.25, 0.3) is 5.56 Å². The van der Waals surface area contributed by atoms with Crippen LogP contribution in [-0.2, 0) is 13.0 Å². The van der Waals surface area contributed by atoms with E-state index in [-0.39, 0.29) is 12.1 Å². The van der Waals surface area contributed by atoms with Crippen molar-refractivity contribution in [3.8, 4) is 28.4 Å². The normalized spacial score (nSPS) is 11.2. The minimum Gasteiger partial charge on any atom is -0.497 e. The Labute approximate surface area is 183 Å². The fourth-order valence-electron chi connectivity index (χ4n) is 3.53. The maximum Gasteiger partial charge on any atom is 0.277 e. The highest BCUT2D eigenvalue weighted by molar-refractivity contribution is 5.65. The highest BCUT2D eigenvalue weighted by Crippen LogP contribution is 2.21. The molecule has 0 aliphatic rings. The molecule has 160 valence electrons. The van der Waals surface area contributed by atoms with Gasteiger partial charge in [-0.2, -0.15) is 10.1 Å². The molecule has 0 saturated carbocycles. The van der Waals surface area contributed by atoms with Gasteiger partial charge in [-0.1, -0.05) is 36.3 Å². The van der Waals surface area contributed by atoms with Crippen molar-refractivity contribution in [2.45, 2.75) is 19.9 Å². The Hall–Kier alpha value is -4.20. The standard InChI is InChI=1S/C24H21N5O3/c1-3-16-4-6-17(7-5-16)20-14-21-24(30)28(12-13-29(21)26-20)15-22-25-23(27-32-22)18-8-10-19(31-2)11-9-18/h4-14H,3,15H2,1-2H3. The van der Waals surface area contributed by atoms with Gasteiger partial charge in [-0.05, 0) is 42.3 Å². The quantitative estimate of drug-likeness (QED) is 0.409. The molecule has 0 saturated heterocycles. The first-order valence-electron chi connectivity index (χ1n) is 10.3. The highest BCUT2D eigenvalue weighted by atomic mass is 16.5. The molecule has 3 heterocycles. The molecule has 0 aliphatic heterocycles. The highest BCUT2D eigenvalue weighted by Gasteiger charge is 2.13. The van der Waals surface area contributed by atoms with E-state index in [0.717, 1.165) is 29.0 Å². The fourth-order valence-corrected chi connectivity index (χ4v) is 3.53. The van der Waals surface area contributed by atoms with E-state index < -0.39 is 0 Å². The molecule has 5 aromatic rings. The summed E-state index contributed by atoms with van der Waals surface area (Å²) in [5.41, 5.74) is 4.09. The number of fused-ring (bicyclic) bond motifs is 1. The van der Waals surface area contributed by atoms with Crippen LogP contribution in [0.1, 0.15) is 18.4 Å². The van der Waals surface area contributed by atoms with E-state index in [2.05, 4.69) is 34.3 Å². The lowest BCUT2D eigenvalue weighted by Crippen LogP contribution is -2.21. The van der Waals surface area contributed by atoms with Crippen LogP contribution in [0.25, 0.3) is 28.2 Å². The average molecular weight is 427 g/mol. The molecule has 8 heteroatoms. The van der Waals surface area contributed by atoms with Crippen molar-refractivity contribution in [3.63, 3.8) is 0 Å². The molecule has 3 aromatic heterocycles. The summed E-state index contributed by atoms with van der Waals surface area (Å²) in [6, 6.07) is 17.4. The van der Waals surface area contributed by atoms with Crippen LogP contribution in [0.3, 0.4) is 0 Å². The average Bonchev–Trinajstić information content (AvgIpc) is 3.49. The third-order valence-electron chi connectivity index (χ3n) is 5.38. The van der Waals surface area contributed by atoms with E-state index in [9.17, 15) is 4.79 Å². The van der Waals surface area contributed by atoms with Crippen molar-refractivity contribution in [1.29, 1.82) is 0 Å². The van der Waals surface area contributed by atoms with E-state index in [1.165, 1.54) is 10.1 Å². The number of methoxy groups -OCH3 is 1. The van der Waals surface area contributed by atoms with Crippen LogP contribution in [0, 0.1) is 0 Å². The number of rotatable bonds is 6. The van der Waals surface area contributed by atoms with Gasteiger partial charge in [-0.3, -0.25) is 4.79 Å². The first-order valence-corrected chi connectivity index (χ1v) is 10.3. The molecular formula is C24H21N5O3.